The molecule has 7 nitrogen and oxygen atoms in total. The Hall–Kier alpha value is -3.09. The van der Waals surface area contributed by atoms with Crippen molar-refractivity contribution in [3.05, 3.63) is 47.3 Å². The number of hydrogen-bond donors (Lipinski definition) is 1. The number of hydrogen-bond acceptors (Lipinski definition) is 4. The summed E-state index contributed by atoms with van der Waals surface area (Å²) in [6.07, 6.45) is 0.522. The van der Waals surface area contributed by atoms with Gasteiger partial charge in [-0.25, -0.2) is 4.79 Å². The molecule has 0 saturated carbocycles. The van der Waals surface area contributed by atoms with Crippen molar-refractivity contribution in [2.75, 3.05) is 13.2 Å². The van der Waals surface area contributed by atoms with Crippen LogP contribution in [-0.2, 0) is 4.79 Å². The fourth-order valence-electron chi connectivity index (χ4n) is 4.37. The quantitative estimate of drug-likeness (QED) is 0.511. The maximum absolute atomic E-state index is 13.1. The molecule has 0 spiro atoms. The lowest BCUT2D eigenvalue weighted by Gasteiger charge is -2.23. The minimum atomic E-state index is -0.968. The number of benzene rings is 1. The molecule has 1 atom stereocenters. The highest BCUT2D eigenvalue weighted by molar-refractivity contribution is 6.11. The summed E-state index contributed by atoms with van der Waals surface area (Å²) in [5.41, 5.74) is 2.11. The van der Waals surface area contributed by atoms with Crippen molar-refractivity contribution < 1.29 is 19.1 Å². The first-order valence-electron chi connectivity index (χ1n) is 10.7. The number of urea groups is 1. The van der Waals surface area contributed by atoms with E-state index in [0.29, 0.717) is 18.6 Å². The Balaban J connectivity index is 1.83. The molecule has 1 fully saturated rings. The average molecular weight is 426 g/mol. The van der Waals surface area contributed by atoms with Gasteiger partial charge in [-0.2, -0.15) is 0 Å². The molecule has 1 aromatic carbocycles. The second-order valence-corrected chi connectivity index (χ2v) is 8.72. The molecule has 166 valence electrons. The third-order valence-electron chi connectivity index (χ3n) is 5.60. The number of ether oxygens (including phenoxy) is 1. The minimum absolute atomic E-state index is 0.234. The van der Waals surface area contributed by atoms with E-state index in [1.807, 2.05) is 63.5 Å². The number of nitrogens with one attached hydrogen (secondary N) is 1. The van der Waals surface area contributed by atoms with E-state index in [2.05, 4.69) is 5.32 Å². The van der Waals surface area contributed by atoms with Gasteiger partial charge in [-0.1, -0.05) is 13.8 Å². The Kier molecular flexibility index (Phi) is 6.25. The van der Waals surface area contributed by atoms with Crippen LogP contribution >= 0.6 is 0 Å². The number of aryl methyl sites for hydroxylation is 1. The molecule has 1 N–H and O–H groups in total. The van der Waals surface area contributed by atoms with Gasteiger partial charge in [0.2, 0.25) is 0 Å². The first-order valence-corrected chi connectivity index (χ1v) is 10.7. The molecule has 2 aromatic rings. The van der Waals surface area contributed by atoms with Gasteiger partial charge in [0.15, 0.2) is 5.78 Å². The van der Waals surface area contributed by atoms with Crippen LogP contribution in [0.25, 0.3) is 5.69 Å². The highest BCUT2D eigenvalue weighted by atomic mass is 16.5. The average Bonchev–Trinajstić information content (AvgIpc) is 3.09. The fraction of sp³-hybridized carbons (Fsp3) is 0.458. The molecule has 0 radical (unpaired) electrons. The van der Waals surface area contributed by atoms with Crippen LogP contribution in [0.2, 0.25) is 0 Å². The number of Topliss-reactive ketones (excluding diaryl/α,β-unsaturated/α-hetero) is 1. The summed E-state index contributed by atoms with van der Waals surface area (Å²) in [6.45, 7) is 11.8. The molecule has 0 aliphatic carbocycles. The van der Waals surface area contributed by atoms with Gasteiger partial charge in [0.1, 0.15) is 11.3 Å². The summed E-state index contributed by atoms with van der Waals surface area (Å²) in [5.74, 6) is 0.411. The molecule has 1 unspecified atom stereocenters. The van der Waals surface area contributed by atoms with Crippen LogP contribution in [0.1, 0.15) is 55.9 Å². The van der Waals surface area contributed by atoms with Gasteiger partial charge in [-0.3, -0.25) is 14.5 Å². The standard InChI is InChI=1S/C24H31N3O4/c1-7-31-19-10-8-18(9-11-19)27-16(4)12-20(17(27)5)21(28)14-26-22(29)24(6,13-15(2)3)25-23(26)30/h8-12,15H,7,13-14H2,1-6H3,(H,25,30). The largest absolute Gasteiger partial charge is 0.494 e. The van der Waals surface area contributed by atoms with Crippen molar-refractivity contribution in [2.45, 2.75) is 53.5 Å². The zero-order valence-electron chi connectivity index (χ0n) is 19.1. The first kappa shape index (κ1) is 22.6. The lowest BCUT2D eigenvalue weighted by molar-refractivity contribution is -0.131. The topological polar surface area (TPSA) is 80.6 Å². The molecule has 1 aliphatic rings. The van der Waals surface area contributed by atoms with E-state index in [1.54, 1.807) is 13.0 Å². The second-order valence-electron chi connectivity index (χ2n) is 8.72. The number of aromatic nitrogens is 1. The number of rotatable bonds is 8. The van der Waals surface area contributed by atoms with Crippen molar-refractivity contribution >= 4 is 17.7 Å². The number of amides is 3. The first-order chi connectivity index (χ1) is 14.6. The van der Waals surface area contributed by atoms with Gasteiger partial charge in [0, 0.05) is 22.6 Å². The Morgan fingerprint density at radius 1 is 1.16 bits per heavy atom. The summed E-state index contributed by atoms with van der Waals surface area (Å²) in [7, 11) is 0. The number of ketones is 1. The third kappa shape index (κ3) is 4.36. The third-order valence-corrected chi connectivity index (χ3v) is 5.60. The fourth-order valence-corrected chi connectivity index (χ4v) is 4.37. The van der Waals surface area contributed by atoms with Gasteiger partial charge < -0.3 is 14.6 Å². The maximum Gasteiger partial charge on any atom is 0.325 e. The van der Waals surface area contributed by atoms with Gasteiger partial charge >= 0.3 is 6.03 Å². The SMILES string of the molecule is CCOc1ccc(-n2c(C)cc(C(=O)CN3C(=O)NC(C)(CC(C)C)C3=O)c2C)cc1. The normalized spacial score (nSPS) is 18.6. The molecule has 3 rings (SSSR count). The van der Waals surface area contributed by atoms with Crippen molar-refractivity contribution in [3.8, 4) is 11.4 Å². The van der Waals surface area contributed by atoms with Gasteiger partial charge in [-0.05, 0) is 70.4 Å². The van der Waals surface area contributed by atoms with Gasteiger partial charge in [0.05, 0.1) is 13.2 Å². The molecule has 1 saturated heterocycles. The Morgan fingerprint density at radius 3 is 2.39 bits per heavy atom. The predicted molar refractivity (Wildman–Crippen MR) is 119 cm³/mol. The van der Waals surface area contributed by atoms with Crippen LogP contribution in [0.15, 0.2) is 30.3 Å². The molecule has 31 heavy (non-hydrogen) atoms. The molecular formula is C24H31N3O4. The van der Waals surface area contributed by atoms with E-state index < -0.39 is 11.6 Å². The van der Waals surface area contributed by atoms with Crippen molar-refractivity contribution in [1.82, 2.24) is 14.8 Å². The summed E-state index contributed by atoms with van der Waals surface area (Å²) in [6, 6.07) is 8.95. The maximum atomic E-state index is 13.1. The van der Waals surface area contributed by atoms with Crippen LogP contribution in [0.5, 0.6) is 5.75 Å². The molecule has 7 heteroatoms. The molecule has 1 aliphatic heterocycles. The van der Waals surface area contributed by atoms with Crippen LogP contribution in [0, 0.1) is 19.8 Å². The van der Waals surface area contributed by atoms with Crippen LogP contribution in [0.3, 0.4) is 0 Å². The Morgan fingerprint density at radius 2 is 1.81 bits per heavy atom. The molecule has 2 heterocycles. The molecule has 3 amide bonds. The second kappa shape index (κ2) is 8.57. The monoisotopic (exact) mass is 425 g/mol. The lowest BCUT2D eigenvalue weighted by Crippen LogP contribution is -2.45. The Labute approximate surface area is 183 Å². The van der Waals surface area contributed by atoms with Crippen molar-refractivity contribution in [1.29, 1.82) is 0 Å². The summed E-state index contributed by atoms with van der Waals surface area (Å²) in [5, 5.41) is 2.76. The lowest BCUT2D eigenvalue weighted by atomic mass is 9.91. The van der Waals surface area contributed by atoms with Gasteiger partial charge in [-0.15, -0.1) is 0 Å². The smallest absolute Gasteiger partial charge is 0.325 e. The number of nitrogens with zero attached hydrogens (tertiary/aromatic N) is 2. The van der Waals surface area contributed by atoms with E-state index in [-0.39, 0.29) is 24.2 Å². The van der Waals surface area contributed by atoms with Crippen molar-refractivity contribution in [2.24, 2.45) is 5.92 Å². The van der Waals surface area contributed by atoms with Crippen LogP contribution in [-0.4, -0.2) is 45.9 Å². The van der Waals surface area contributed by atoms with E-state index in [1.165, 1.54) is 0 Å². The van der Waals surface area contributed by atoms with E-state index in [0.717, 1.165) is 27.7 Å². The molecule has 0 bridgehead atoms. The highest BCUT2D eigenvalue weighted by Crippen LogP contribution is 2.27. The van der Waals surface area contributed by atoms with E-state index >= 15 is 0 Å². The van der Waals surface area contributed by atoms with Crippen LogP contribution in [0.4, 0.5) is 4.79 Å². The molecular weight excluding hydrogens is 394 g/mol. The number of carbonyl (C=O) groups excluding carboxylic acids is 3. The number of imide groups is 1. The Bertz CT molecular complexity index is 1010. The highest BCUT2D eigenvalue weighted by Gasteiger charge is 2.48. The van der Waals surface area contributed by atoms with E-state index in [4.69, 9.17) is 4.74 Å². The summed E-state index contributed by atoms with van der Waals surface area (Å²) >= 11 is 0. The molecule has 1 aromatic heterocycles. The zero-order chi connectivity index (χ0) is 22.9. The van der Waals surface area contributed by atoms with Crippen LogP contribution < -0.4 is 10.1 Å². The predicted octanol–water partition coefficient (Wildman–Crippen LogP) is 4.03. The summed E-state index contributed by atoms with van der Waals surface area (Å²) < 4.78 is 7.48. The van der Waals surface area contributed by atoms with E-state index in [9.17, 15) is 14.4 Å². The van der Waals surface area contributed by atoms with Gasteiger partial charge in [0.25, 0.3) is 5.91 Å². The zero-order valence-corrected chi connectivity index (χ0v) is 19.1. The number of carbonyl (C=O) groups is 3. The minimum Gasteiger partial charge on any atom is -0.494 e. The van der Waals surface area contributed by atoms with Crippen molar-refractivity contribution in [3.63, 3.8) is 0 Å². The summed E-state index contributed by atoms with van der Waals surface area (Å²) in [4.78, 5) is 39.4.